The molecule has 0 fully saturated rings. The zero-order chi connectivity index (χ0) is 16.8. The molecule has 1 amide bonds. The van der Waals surface area contributed by atoms with Crippen LogP contribution < -0.4 is 14.8 Å². The molecule has 4 nitrogen and oxygen atoms in total. The van der Waals surface area contributed by atoms with Gasteiger partial charge in [-0.2, -0.15) is 0 Å². The van der Waals surface area contributed by atoms with Crippen molar-refractivity contribution >= 4 is 17.5 Å². The summed E-state index contributed by atoms with van der Waals surface area (Å²) in [6.45, 7) is 2.64. The second-order valence-electron chi connectivity index (χ2n) is 4.73. The maximum absolute atomic E-state index is 13.2. The molecule has 0 heterocycles. The Bertz CT molecular complexity index is 706. The monoisotopic (exact) mass is 337 g/mol. The Balaban J connectivity index is 2.09. The number of nitrogens with one attached hydrogen (secondary N) is 1. The first-order valence-electron chi connectivity index (χ1n) is 7.08. The van der Waals surface area contributed by atoms with Gasteiger partial charge in [0.25, 0.3) is 5.91 Å². The van der Waals surface area contributed by atoms with Gasteiger partial charge in [-0.3, -0.25) is 4.79 Å². The number of amides is 1. The molecule has 23 heavy (non-hydrogen) atoms. The average Bonchev–Trinajstić information content (AvgIpc) is 2.55. The highest BCUT2D eigenvalue weighted by Gasteiger charge is 2.12. The zero-order valence-corrected chi connectivity index (χ0v) is 13.6. The Hall–Kier alpha value is -2.27. The van der Waals surface area contributed by atoms with Crippen LogP contribution in [0, 0.1) is 5.82 Å². The van der Waals surface area contributed by atoms with E-state index in [9.17, 15) is 9.18 Å². The second kappa shape index (κ2) is 7.83. The van der Waals surface area contributed by atoms with Crippen LogP contribution in [0.2, 0.25) is 5.02 Å². The summed E-state index contributed by atoms with van der Waals surface area (Å²) in [5, 5.41) is 2.91. The molecule has 1 N–H and O–H groups in total. The number of ether oxygens (including phenoxy) is 2. The molecule has 0 atom stereocenters. The van der Waals surface area contributed by atoms with E-state index in [-0.39, 0.29) is 17.1 Å². The second-order valence-corrected chi connectivity index (χ2v) is 5.13. The molecule has 0 aromatic heterocycles. The summed E-state index contributed by atoms with van der Waals surface area (Å²) < 4.78 is 23.9. The van der Waals surface area contributed by atoms with Crippen LogP contribution in [-0.4, -0.2) is 19.6 Å². The van der Waals surface area contributed by atoms with Crippen LogP contribution >= 0.6 is 11.6 Å². The topological polar surface area (TPSA) is 47.6 Å². The lowest BCUT2D eigenvalue weighted by Gasteiger charge is -2.12. The summed E-state index contributed by atoms with van der Waals surface area (Å²) in [6.07, 6.45) is 0. The van der Waals surface area contributed by atoms with Crippen molar-refractivity contribution in [1.82, 2.24) is 5.32 Å². The van der Waals surface area contributed by atoms with Gasteiger partial charge in [-0.15, -0.1) is 0 Å². The first-order chi connectivity index (χ1) is 11.0. The molecule has 0 aliphatic carbocycles. The Morgan fingerprint density at radius 2 is 2.00 bits per heavy atom. The van der Waals surface area contributed by atoms with Crippen molar-refractivity contribution < 1.29 is 18.7 Å². The van der Waals surface area contributed by atoms with Crippen molar-refractivity contribution in [1.29, 1.82) is 0 Å². The summed E-state index contributed by atoms with van der Waals surface area (Å²) in [6, 6.07) is 9.03. The van der Waals surface area contributed by atoms with E-state index in [1.165, 1.54) is 12.1 Å². The van der Waals surface area contributed by atoms with E-state index >= 15 is 0 Å². The van der Waals surface area contributed by atoms with Gasteiger partial charge in [0.1, 0.15) is 5.82 Å². The van der Waals surface area contributed by atoms with E-state index in [0.717, 1.165) is 11.6 Å². The van der Waals surface area contributed by atoms with Crippen molar-refractivity contribution in [2.24, 2.45) is 0 Å². The van der Waals surface area contributed by atoms with Crippen LogP contribution in [0.1, 0.15) is 22.8 Å². The fourth-order valence-corrected chi connectivity index (χ4v) is 2.25. The van der Waals surface area contributed by atoms with Gasteiger partial charge in [0.2, 0.25) is 0 Å². The van der Waals surface area contributed by atoms with Crippen molar-refractivity contribution in [3.63, 3.8) is 0 Å². The van der Waals surface area contributed by atoms with E-state index < -0.39 is 11.7 Å². The molecule has 2 aromatic carbocycles. The van der Waals surface area contributed by atoms with Crippen LogP contribution in [-0.2, 0) is 6.54 Å². The molecular formula is C17H17ClFNO3. The number of benzene rings is 2. The molecule has 2 aromatic rings. The van der Waals surface area contributed by atoms with E-state index in [1.807, 2.05) is 13.0 Å². The van der Waals surface area contributed by atoms with Crippen LogP contribution in [0.3, 0.4) is 0 Å². The first kappa shape index (κ1) is 17.1. The van der Waals surface area contributed by atoms with Crippen molar-refractivity contribution in [3.8, 4) is 11.5 Å². The third kappa shape index (κ3) is 4.36. The molecule has 0 bridgehead atoms. The van der Waals surface area contributed by atoms with Crippen LogP contribution in [0.15, 0.2) is 36.4 Å². The minimum atomic E-state index is -0.511. The van der Waals surface area contributed by atoms with Gasteiger partial charge in [-0.25, -0.2) is 4.39 Å². The van der Waals surface area contributed by atoms with E-state index in [0.29, 0.717) is 18.1 Å². The van der Waals surface area contributed by atoms with Crippen LogP contribution in [0.5, 0.6) is 11.5 Å². The number of rotatable bonds is 6. The predicted molar refractivity (Wildman–Crippen MR) is 86.7 cm³/mol. The van der Waals surface area contributed by atoms with Gasteiger partial charge in [0.05, 0.1) is 24.3 Å². The van der Waals surface area contributed by atoms with Gasteiger partial charge < -0.3 is 14.8 Å². The number of carbonyl (C=O) groups excluding carboxylic acids is 1. The van der Waals surface area contributed by atoms with Crippen molar-refractivity contribution in [2.75, 3.05) is 13.7 Å². The molecule has 6 heteroatoms. The lowest BCUT2D eigenvalue weighted by molar-refractivity contribution is 0.0950. The maximum atomic E-state index is 13.2. The highest BCUT2D eigenvalue weighted by Crippen LogP contribution is 2.28. The molecule has 0 radical (unpaired) electrons. The van der Waals surface area contributed by atoms with Gasteiger partial charge in [0.15, 0.2) is 11.5 Å². The van der Waals surface area contributed by atoms with Gasteiger partial charge in [-0.1, -0.05) is 17.7 Å². The first-order valence-corrected chi connectivity index (χ1v) is 7.46. The van der Waals surface area contributed by atoms with E-state index in [2.05, 4.69) is 5.32 Å². The van der Waals surface area contributed by atoms with Crippen molar-refractivity contribution in [2.45, 2.75) is 13.5 Å². The van der Waals surface area contributed by atoms with Crippen LogP contribution in [0.25, 0.3) is 0 Å². The predicted octanol–water partition coefficient (Wildman–Crippen LogP) is 3.82. The van der Waals surface area contributed by atoms with Crippen molar-refractivity contribution in [3.05, 3.63) is 58.4 Å². The Morgan fingerprint density at radius 3 is 2.70 bits per heavy atom. The summed E-state index contributed by atoms with van der Waals surface area (Å²) in [7, 11) is 1.56. The highest BCUT2D eigenvalue weighted by atomic mass is 35.5. The zero-order valence-electron chi connectivity index (χ0n) is 12.9. The Labute approximate surface area is 139 Å². The minimum absolute atomic E-state index is 0.102. The molecular weight excluding hydrogens is 321 g/mol. The number of halogens is 2. The average molecular weight is 338 g/mol. The standard InChI is InChI=1S/C17H17ClFNO3/c1-3-23-16-8-11(4-7-15(16)22-2)10-20-17(21)13-9-12(19)5-6-14(13)18/h4-9H,3,10H2,1-2H3,(H,20,21). The summed E-state index contributed by atoms with van der Waals surface area (Å²) >= 11 is 5.91. The molecule has 0 aliphatic heterocycles. The molecule has 0 spiro atoms. The Morgan fingerprint density at radius 1 is 1.22 bits per heavy atom. The van der Waals surface area contributed by atoms with Gasteiger partial charge in [0, 0.05) is 6.54 Å². The van der Waals surface area contributed by atoms with E-state index in [1.54, 1.807) is 19.2 Å². The maximum Gasteiger partial charge on any atom is 0.253 e. The lowest BCUT2D eigenvalue weighted by atomic mass is 10.1. The smallest absolute Gasteiger partial charge is 0.253 e. The number of hydrogen-bond acceptors (Lipinski definition) is 3. The lowest BCUT2D eigenvalue weighted by Crippen LogP contribution is -2.23. The number of hydrogen-bond donors (Lipinski definition) is 1. The minimum Gasteiger partial charge on any atom is -0.493 e. The fourth-order valence-electron chi connectivity index (χ4n) is 2.05. The molecule has 0 unspecified atom stereocenters. The van der Waals surface area contributed by atoms with Crippen LogP contribution in [0.4, 0.5) is 4.39 Å². The fraction of sp³-hybridized carbons (Fsp3) is 0.235. The Kier molecular flexibility index (Phi) is 5.82. The third-order valence-electron chi connectivity index (χ3n) is 3.15. The summed E-state index contributed by atoms with van der Waals surface area (Å²) in [4.78, 5) is 12.1. The van der Waals surface area contributed by atoms with Gasteiger partial charge >= 0.3 is 0 Å². The highest BCUT2D eigenvalue weighted by molar-refractivity contribution is 6.33. The molecule has 0 aliphatic rings. The largest absolute Gasteiger partial charge is 0.493 e. The normalized spacial score (nSPS) is 10.3. The van der Waals surface area contributed by atoms with Gasteiger partial charge in [-0.05, 0) is 42.8 Å². The SMILES string of the molecule is CCOc1cc(CNC(=O)c2cc(F)ccc2Cl)ccc1OC. The quantitative estimate of drug-likeness (QED) is 0.871. The molecule has 2 rings (SSSR count). The third-order valence-corrected chi connectivity index (χ3v) is 3.48. The molecule has 122 valence electrons. The number of methoxy groups -OCH3 is 1. The number of carbonyl (C=O) groups is 1. The molecule has 0 saturated carbocycles. The summed E-state index contributed by atoms with van der Waals surface area (Å²) in [5.74, 6) is 0.270. The molecule has 0 saturated heterocycles. The van der Waals surface area contributed by atoms with E-state index in [4.69, 9.17) is 21.1 Å². The summed E-state index contributed by atoms with van der Waals surface area (Å²) in [5.41, 5.74) is 0.931.